The van der Waals surface area contributed by atoms with Gasteiger partial charge in [0.1, 0.15) is 11.9 Å². The number of fused-ring (bicyclic) bond motifs is 1. The standard InChI is InChI=1S/C32H42N4O3/c1-19-11-12-23(15-25(19)18-36-16-21(3)39-30-20(2)9-8-10-24(30)17-36)28(32(5,6)31(37)38)26-13-14-27(35(7)34)29(33)22(26)4/h8-15,21,28H,16-18,33-34H2,1-7H3,(H,37,38). The lowest BCUT2D eigenvalue weighted by Crippen LogP contribution is -2.33. The minimum absolute atomic E-state index is 0.0550. The van der Waals surface area contributed by atoms with Gasteiger partial charge in [0.15, 0.2) is 0 Å². The van der Waals surface area contributed by atoms with Crippen molar-refractivity contribution in [3.63, 3.8) is 0 Å². The molecule has 0 bridgehead atoms. The van der Waals surface area contributed by atoms with Crippen molar-refractivity contribution in [1.82, 2.24) is 4.90 Å². The van der Waals surface area contributed by atoms with Crippen LogP contribution in [0.3, 0.4) is 0 Å². The third kappa shape index (κ3) is 5.60. The summed E-state index contributed by atoms with van der Waals surface area (Å²) in [4.78, 5) is 15.0. The van der Waals surface area contributed by atoms with Crippen molar-refractivity contribution in [2.45, 2.75) is 66.7 Å². The summed E-state index contributed by atoms with van der Waals surface area (Å²) in [6.07, 6.45) is 0.0550. The molecule has 0 saturated heterocycles. The van der Waals surface area contributed by atoms with Crippen LogP contribution in [0.4, 0.5) is 11.4 Å². The third-order valence-electron chi connectivity index (χ3n) is 8.12. The molecule has 7 heteroatoms. The number of hydrazine groups is 1. The summed E-state index contributed by atoms with van der Waals surface area (Å²) in [6.45, 7) is 14.1. The highest BCUT2D eigenvalue weighted by Crippen LogP contribution is 2.45. The topological polar surface area (TPSA) is 105 Å². The molecule has 0 aromatic heterocycles. The van der Waals surface area contributed by atoms with Crippen LogP contribution in [0.2, 0.25) is 0 Å². The molecule has 0 spiro atoms. The van der Waals surface area contributed by atoms with Crippen LogP contribution in [-0.2, 0) is 17.9 Å². The van der Waals surface area contributed by atoms with Gasteiger partial charge in [-0.1, -0.05) is 42.5 Å². The Hall–Kier alpha value is -3.55. The van der Waals surface area contributed by atoms with Gasteiger partial charge in [-0.15, -0.1) is 0 Å². The molecule has 1 aliphatic heterocycles. The average Bonchev–Trinajstić information content (AvgIpc) is 3.02. The van der Waals surface area contributed by atoms with Gasteiger partial charge in [-0.2, -0.15) is 0 Å². The van der Waals surface area contributed by atoms with E-state index in [0.29, 0.717) is 11.4 Å². The summed E-state index contributed by atoms with van der Waals surface area (Å²) in [5, 5.41) is 11.8. The van der Waals surface area contributed by atoms with Crippen LogP contribution in [0.15, 0.2) is 48.5 Å². The summed E-state index contributed by atoms with van der Waals surface area (Å²) in [7, 11) is 1.74. The zero-order valence-corrected chi connectivity index (χ0v) is 24.2. The van der Waals surface area contributed by atoms with Crippen molar-refractivity contribution in [2.75, 3.05) is 24.3 Å². The number of nitrogen functional groups attached to an aromatic ring is 1. The Kier molecular flexibility index (Phi) is 7.96. The smallest absolute Gasteiger partial charge is 0.310 e. The van der Waals surface area contributed by atoms with Crippen LogP contribution in [0, 0.1) is 26.2 Å². The quantitative estimate of drug-likeness (QED) is 0.210. The van der Waals surface area contributed by atoms with E-state index in [2.05, 4.69) is 62.1 Å². The second-order valence-corrected chi connectivity index (χ2v) is 11.6. The second-order valence-electron chi connectivity index (χ2n) is 11.6. The number of ether oxygens (including phenoxy) is 1. The normalized spacial score (nSPS) is 16.7. The lowest BCUT2D eigenvalue weighted by Gasteiger charge is -2.34. The minimum Gasteiger partial charge on any atom is -0.489 e. The molecule has 7 nitrogen and oxygen atoms in total. The molecule has 1 aliphatic rings. The molecule has 0 fully saturated rings. The molecule has 0 saturated carbocycles. The number of carboxylic acid groups (broad SMARTS) is 1. The molecule has 39 heavy (non-hydrogen) atoms. The van der Waals surface area contributed by atoms with Crippen molar-refractivity contribution in [3.05, 3.63) is 87.5 Å². The summed E-state index contributed by atoms with van der Waals surface area (Å²) in [5.41, 5.74) is 14.0. The Balaban J connectivity index is 1.76. The SMILES string of the molecule is Cc1ccc(C(c2ccc(N(C)N)c(N)c2C)C(C)(C)C(=O)O)cc1CN1Cc2cccc(C)c2OC(C)C1. The van der Waals surface area contributed by atoms with Crippen LogP contribution < -0.4 is 21.3 Å². The van der Waals surface area contributed by atoms with Crippen LogP contribution in [0.5, 0.6) is 5.75 Å². The van der Waals surface area contributed by atoms with Gasteiger partial charge in [0.2, 0.25) is 0 Å². The monoisotopic (exact) mass is 530 g/mol. The lowest BCUT2D eigenvalue weighted by atomic mass is 9.69. The van der Waals surface area contributed by atoms with E-state index in [1.165, 1.54) is 21.7 Å². The van der Waals surface area contributed by atoms with Gasteiger partial charge in [0.25, 0.3) is 0 Å². The number of rotatable bonds is 7. The molecule has 2 unspecified atom stereocenters. The zero-order chi connectivity index (χ0) is 28.6. The number of hydrogen-bond donors (Lipinski definition) is 3. The van der Waals surface area contributed by atoms with E-state index < -0.39 is 17.3 Å². The average molecular weight is 531 g/mol. The maximum atomic E-state index is 12.6. The molecule has 0 radical (unpaired) electrons. The number of nitrogens with two attached hydrogens (primary N) is 2. The minimum atomic E-state index is -1.08. The van der Waals surface area contributed by atoms with Crippen molar-refractivity contribution >= 4 is 17.3 Å². The van der Waals surface area contributed by atoms with Crippen LogP contribution in [0.1, 0.15) is 65.6 Å². The molecule has 3 aromatic carbocycles. The van der Waals surface area contributed by atoms with E-state index in [1.807, 2.05) is 19.1 Å². The maximum Gasteiger partial charge on any atom is 0.310 e. The Morgan fingerprint density at radius 2 is 1.87 bits per heavy atom. The van der Waals surface area contributed by atoms with Crippen molar-refractivity contribution in [1.29, 1.82) is 0 Å². The summed E-state index contributed by atoms with van der Waals surface area (Å²) in [6, 6.07) is 16.5. The number of benzene rings is 3. The van der Waals surface area contributed by atoms with E-state index >= 15 is 0 Å². The molecule has 0 amide bonds. The zero-order valence-electron chi connectivity index (χ0n) is 24.2. The highest BCUT2D eigenvalue weighted by atomic mass is 16.5. The predicted octanol–water partition coefficient (Wildman–Crippen LogP) is 5.53. The first-order valence-corrected chi connectivity index (χ1v) is 13.5. The number of aliphatic carboxylic acids is 1. The van der Waals surface area contributed by atoms with E-state index in [0.717, 1.165) is 47.6 Å². The molecule has 0 aliphatic carbocycles. The molecule has 2 atom stereocenters. The third-order valence-corrected chi connectivity index (χ3v) is 8.12. The summed E-state index contributed by atoms with van der Waals surface area (Å²) >= 11 is 0. The number of carbonyl (C=O) groups is 1. The first-order chi connectivity index (χ1) is 18.3. The first kappa shape index (κ1) is 28.5. The Morgan fingerprint density at radius 3 is 2.54 bits per heavy atom. The van der Waals surface area contributed by atoms with Gasteiger partial charge in [0, 0.05) is 38.2 Å². The molecular formula is C32H42N4O3. The Bertz CT molecular complexity index is 1380. The number of nitrogens with zero attached hydrogens (tertiary/aromatic N) is 2. The van der Waals surface area contributed by atoms with Crippen LogP contribution in [0.25, 0.3) is 0 Å². The van der Waals surface area contributed by atoms with Gasteiger partial charge in [0.05, 0.1) is 16.8 Å². The number of hydrogen-bond acceptors (Lipinski definition) is 6. The summed E-state index contributed by atoms with van der Waals surface area (Å²) in [5.74, 6) is 5.70. The van der Waals surface area contributed by atoms with Gasteiger partial charge in [-0.25, -0.2) is 5.84 Å². The van der Waals surface area contributed by atoms with Crippen molar-refractivity contribution in [3.8, 4) is 5.75 Å². The van der Waals surface area contributed by atoms with E-state index in [9.17, 15) is 9.90 Å². The molecule has 208 valence electrons. The highest BCUT2D eigenvalue weighted by molar-refractivity contribution is 5.78. The van der Waals surface area contributed by atoms with E-state index in [4.69, 9.17) is 16.3 Å². The molecule has 3 aromatic rings. The largest absolute Gasteiger partial charge is 0.489 e. The lowest BCUT2D eigenvalue weighted by molar-refractivity contribution is -0.147. The second kappa shape index (κ2) is 10.9. The fraction of sp³-hybridized carbons (Fsp3) is 0.406. The molecule has 5 N–H and O–H groups in total. The fourth-order valence-corrected chi connectivity index (χ4v) is 5.78. The summed E-state index contributed by atoms with van der Waals surface area (Å²) < 4.78 is 6.30. The van der Waals surface area contributed by atoms with Crippen LogP contribution in [-0.4, -0.2) is 35.7 Å². The number of para-hydroxylation sites is 1. The Labute approximate surface area is 232 Å². The number of aryl methyl sites for hydroxylation is 2. The molecule has 1 heterocycles. The van der Waals surface area contributed by atoms with E-state index in [-0.39, 0.29) is 6.10 Å². The van der Waals surface area contributed by atoms with Crippen molar-refractivity contribution < 1.29 is 14.6 Å². The number of carboxylic acids is 1. The predicted molar refractivity (Wildman–Crippen MR) is 158 cm³/mol. The van der Waals surface area contributed by atoms with Gasteiger partial charge in [-0.3, -0.25) is 9.69 Å². The van der Waals surface area contributed by atoms with Gasteiger partial charge in [-0.05, 0) is 81.0 Å². The van der Waals surface area contributed by atoms with Gasteiger partial charge >= 0.3 is 5.97 Å². The first-order valence-electron chi connectivity index (χ1n) is 13.5. The fourth-order valence-electron chi connectivity index (χ4n) is 5.78. The van der Waals surface area contributed by atoms with Gasteiger partial charge < -0.3 is 20.6 Å². The van der Waals surface area contributed by atoms with Crippen LogP contribution >= 0.6 is 0 Å². The number of anilines is 2. The molecule has 4 rings (SSSR count). The molecular weight excluding hydrogens is 488 g/mol. The van der Waals surface area contributed by atoms with Crippen molar-refractivity contribution in [2.24, 2.45) is 11.3 Å². The maximum absolute atomic E-state index is 12.6. The highest BCUT2D eigenvalue weighted by Gasteiger charge is 2.40. The van der Waals surface area contributed by atoms with E-state index in [1.54, 1.807) is 20.9 Å². The Morgan fingerprint density at radius 1 is 1.15 bits per heavy atom.